The highest BCUT2D eigenvalue weighted by Crippen LogP contribution is 2.26. The van der Waals surface area contributed by atoms with Gasteiger partial charge in [-0.05, 0) is 67.1 Å². The molecule has 1 atom stereocenters. The monoisotopic (exact) mass is 425 g/mol. The number of aromatic nitrogens is 1. The van der Waals surface area contributed by atoms with Gasteiger partial charge < -0.3 is 20.4 Å². The number of hydrogen-bond acceptors (Lipinski definition) is 4. The number of primary amides is 1. The van der Waals surface area contributed by atoms with Gasteiger partial charge in [0.05, 0.1) is 18.2 Å². The second kappa shape index (κ2) is 9.85. The van der Waals surface area contributed by atoms with Gasteiger partial charge in [-0.15, -0.1) is 0 Å². The Morgan fingerprint density at radius 3 is 2.58 bits per heavy atom. The van der Waals surface area contributed by atoms with Crippen LogP contribution in [0.3, 0.4) is 0 Å². The fourth-order valence-electron chi connectivity index (χ4n) is 3.41. The van der Waals surface area contributed by atoms with Gasteiger partial charge in [-0.2, -0.15) is 0 Å². The Morgan fingerprint density at radius 2 is 1.90 bits per heavy atom. The molecule has 0 saturated carbocycles. The minimum absolute atomic E-state index is 0.148. The van der Waals surface area contributed by atoms with E-state index in [1.807, 2.05) is 37.3 Å². The van der Waals surface area contributed by atoms with Crippen molar-refractivity contribution in [3.05, 3.63) is 69.8 Å². The lowest BCUT2D eigenvalue weighted by Gasteiger charge is -2.16. The maximum absolute atomic E-state index is 14.1. The molecule has 31 heavy (non-hydrogen) atoms. The molecule has 1 amide bonds. The third-order valence-corrected chi connectivity index (χ3v) is 5.36. The Morgan fingerprint density at radius 1 is 1.19 bits per heavy atom. The molecular formula is C24H28FN3O3. The summed E-state index contributed by atoms with van der Waals surface area (Å²) in [5, 5.41) is 3.84. The van der Waals surface area contributed by atoms with Crippen molar-refractivity contribution in [1.82, 2.24) is 9.88 Å². The number of hydrogen-bond donors (Lipinski definition) is 2. The summed E-state index contributed by atoms with van der Waals surface area (Å²) < 4.78 is 21.2. The van der Waals surface area contributed by atoms with Gasteiger partial charge in [0.15, 0.2) is 0 Å². The molecule has 0 aliphatic heterocycles. The normalized spacial score (nSPS) is 12.3. The highest BCUT2D eigenvalue weighted by atomic mass is 19.1. The Labute approximate surface area is 180 Å². The van der Waals surface area contributed by atoms with Gasteiger partial charge in [-0.3, -0.25) is 9.59 Å². The molecule has 7 heteroatoms. The van der Waals surface area contributed by atoms with Gasteiger partial charge >= 0.3 is 0 Å². The Kier molecular flexibility index (Phi) is 7.20. The number of pyridine rings is 1. The number of amides is 1. The number of carbonyl (C=O) groups excluding carboxylic acids is 1. The number of nitrogens with zero attached hydrogens (tertiary/aromatic N) is 1. The predicted molar refractivity (Wildman–Crippen MR) is 120 cm³/mol. The zero-order valence-electron chi connectivity index (χ0n) is 18.1. The lowest BCUT2D eigenvalue weighted by molar-refractivity contribution is -0.119. The van der Waals surface area contributed by atoms with Crippen LogP contribution in [-0.4, -0.2) is 29.7 Å². The summed E-state index contributed by atoms with van der Waals surface area (Å²) >= 11 is 0. The van der Waals surface area contributed by atoms with Crippen LogP contribution in [-0.2, 0) is 22.6 Å². The van der Waals surface area contributed by atoms with Crippen LogP contribution in [0.1, 0.15) is 25.0 Å². The minimum atomic E-state index is -0.561. The number of ether oxygens (including phenoxy) is 1. The van der Waals surface area contributed by atoms with E-state index in [0.29, 0.717) is 30.9 Å². The van der Waals surface area contributed by atoms with Crippen molar-refractivity contribution in [2.45, 2.75) is 39.9 Å². The Bertz CT molecular complexity index is 1160. The predicted octanol–water partition coefficient (Wildman–Crippen LogP) is 3.12. The molecule has 1 heterocycles. The van der Waals surface area contributed by atoms with Crippen molar-refractivity contribution in [2.75, 3.05) is 13.2 Å². The molecule has 0 aliphatic rings. The summed E-state index contributed by atoms with van der Waals surface area (Å²) in [6.45, 7) is 6.86. The summed E-state index contributed by atoms with van der Waals surface area (Å²) in [5.41, 5.74) is 8.66. The van der Waals surface area contributed by atoms with Gasteiger partial charge in [0, 0.05) is 25.3 Å². The van der Waals surface area contributed by atoms with E-state index in [-0.39, 0.29) is 17.9 Å². The first kappa shape index (κ1) is 22.7. The quantitative estimate of drug-likeness (QED) is 0.516. The third-order valence-electron chi connectivity index (χ3n) is 5.36. The van der Waals surface area contributed by atoms with Crippen molar-refractivity contribution in [2.24, 2.45) is 5.73 Å². The molecule has 0 aliphatic carbocycles. The van der Waals surface area contributed by atoms with Crippen LogP contribution in [0.2, 0.25) is 0 Å². The van der Waals surface area contributed by atoms with Crippen molar-refractivity contribution < 1.29 is 13.9 Å². The summed E-state index contributed by atoms with van der Waals surface area (Å²) in [4.78, 5) is 24.4. The molecule has 0 bridgehead atoms. The lowest BCUT2D eigenvalue weighted by Crippen LogP contribution is -2.39. The molecule has 2 aromatic carbocycles. The van der Waals surface area contributed by atoms with E-state index in [1.165, 1.54) is 6.07 Å². The summed E-state index contributed by atoms with van der Waals surface area (Å²) in [6, 6.07) is 12.1. The summed E-state index contributed by atoms with van der Waals surface area (Å²) in [6.07, 6.45) is 0. The van der Waals surface area contributed by atoms with Crippen molar-refractivity contribution >= 4 is 16.8 Å². The first-order valence-electron chi connectivity index (χ1n) is 10.3. The largest absolute Gasteiger partial charge is 0.380 e. The topological polar surface area (TPSA) is 86.3 Å². The molecule has 0 saturated heterocycles. The van der Waals surface area contributed by atoms with E-state index in [2.05, 4.69) is 5.32 Å². The number of carbonyl (C=O) groups is 1. The van der Waals surface area contributed by atoms with Crippen LogP contribution >= 0.6 is 0 Å². The van der Waals surface area contributed by atoms with E-state index in [9.17, 15) is 14.0 Å². The van der Waals surface area contributed by atoms with Crippen molar-refractivity contribution in [3.8, 4) is 11.1 Å². The maximum Gasteiger partial charge on any atom is 0.255 e. The number of aryl methyl sites for hydroxylation is 1. The molecule has 6 nitrogen and oxygen atoms in total. The lowest BCUT2D eigenvalue weighted by atomic mass is 10.0. The highest BCUT2D eigenvalue weighted by molar-refractivity contribution is 5.85. The Hall–Kier alpha value is -3.03. The summed E-state index contributed by atoms with van der Waals surface area (Å²) in [5.74, 6) is -0.745. The van der Waals surface area contributed by atoms with Gasteiger partial charge in [0.2, 0.25) is 5.91 Å². The van der Waals surface area contributed by atoms with Crippen molar-refractivity contribution in [3.63, 3.8) is 0 Å². The second-order valence-corrected chi connectivity index (χ2v) is 7.57. The molecule has 3 N–H and O–H groups in total. The number of halogens is 1. The second-order valence-electron chi connectivity index (χ2n) is 7.57. The SMILES string of the molecule is CCOCCn1c(=O)c(CN[C@@H](C)C(N)=O)cc2cc(-c3ccc(C)c(F)c3)ccc21. The first-order chi connectivity index (χ1) is 14.8. The number of nitrogens with one attached hydrogen (secondary N) is 1. The van der Waals surface area contributed by atoms with Gasteiger partial charge in [0.1, 0.15) is 5.82 Å². The van der Waals surface area contributed by atoms with E-state index < -0.39 is 11.9 Å². The standard InChI is InChI=1S/C24H28FN3O3/c1-4-31-10-9-28-22-8-7-17(18-6-5-15(2)21(25)13-18)11-19(22)12-20(24(28)30)14-27-16(3)23(26)29/h5-8,11-13,16,27H,4,9-10,14H2,1-3H3,(H2,26,29)/t16-/m0/s1. The minimum Gasteiger partial charge on any atom is -0.380 e. The molecule has 0 spiro atoms. The van der Waals surface area contributed by atoms with E-state index in [4.69, 9.17) is 10.5 Å². The van der Waals surface area contributed by atoms with Gasteiger partial charge in [-0.25, -0.2) is 4.39 Å². The first-order valence-corrected chi connectivity index (χ1v) is 10.3. The van der Waals surface area contributed by atoms with Crippen LogP contribution in [0.15, 0.2) is 47.3 Å². The zero-order chi connectivity index (χ0) is 22.5. The average molecular weight is 426 g/mol. The van der Waals surface area contributed by atoms with Crippen LogP contribution in [0.4, 0.5) is 4.39 Å². The van der Waals surface area contributed by atoms with E-state index in [1.54, 1.807) is 24.5 Å². The molecular weight excluding hydrogens is 397 g/mol. The molecule has 3 aromatic rings. The van der Waals surface area contributed by atoms with E-state index in [0.717, 1.165) is 22.0 Å². The van der Waals surface area contributed by atoms with Crippen LogP contribution in [0.25, 0.3) is 22.0 Å². The van der Waals surface area contributed by atoms with E-state index >= 15 is 0 Å². The molecule has 1 aromatic heterocycles. The van der Waals surface area contributed by atoms with Crippen LogP contribution in [0.5, 0.6) is 0 Å². The fraction of sp³-hybridized carbons (Fsp3) is 0.333. The van der Waals surface area contributed by atoms with Crippen molar-refractivity contribution in [1.29, 1.82) is 0 Å². The molecule has 164 valence electrons. The zero-order valence-corrected chi connectivity index (χ0v) is 18.1. The fourth-order valence-corrected chi connectivity index (χ4v) is 3.41. The smallest absolute Gasteiger partial charge is 0.255 e. The van der Waals surface area contributed by atoms with Crippen LogP contribution in [0, 0.1) is 12.7 Å². The molecule has 0 fully saturated rings. The number of benzene rings is 2. The third kappa shape index (κ3) is 5.18. The van der Waals surface area contributed by atoms with Crippen LogP contribution < -0.4 is 16.6 Å². The number of rotatable bonds is 9. The average Bonchev–Trinajstić information content (AvgIpc) is 2.75. The Balaban J connectivity index is 2.07. The summed E-state index contributed by atoms with van der Waals surface area (Å²) in [7, 11) is 0. The highest BCUT2D eigenvalue weighted by Gasteiger charge is 2.14. The maximum atomic E-state index is 14.1. The molecule has 0 unspecified atom stereocenters. The van der Waals surface area contributed by atoms with Gasteiger partial charge in [-0.1, -0.05) is 18.2 Å². The number of fused-ring (bicyclic) bond motifs is 1. The van der Waals surface area contributed by atoms with Gasteiger partial charge in [0.25, 0.3) is 5.56 Å². The molecule has 0 radical (unpaired) electrons. The molecule has 3 rings (SSSR count). The number of nitrogens with two attached hydrogens (primary N) is 1.